The summed E-state index contributed by atoms with van der Waals surface area (Å²) in [5.74, 6) is 1.55. The number of hydrogen-bond acceptors (Lipinski definition) is 4. The van der Waals surface area contributed by atoms with Gasteiger partial charge in [-0.15, -0.1) is 11.8 Å². The second-order valence-corrected chi connectivity index (χ2v) is 5.19. The molecule has 0 saturated carbocycles. The minimum absolute atomic E-state index is 0.263. The van der Waals surface area contributed by atoms with Crippen LogP contribution in [0.5, 0.6) is 0 Å². The van der Waals surface area contributed by atoms with Gasteiger partial charge in [-0.2, -0.15) is 23.0 Å². The Kier molecular flexibility index (Phi) is 4.22. The van der Waals surface area contributed by atoms with Gasteiger partial charge in [-0.25, -0.2) is 4.98 Å². The maximum absolute atomic E-state index is 12.5. The third kappa shape index (κ3) is 3.06. The SMILES string of the molecule is CCCSc1cnn(-c2ccc(C(F)(F)F)cn2)c1N. The lowest BCUT2D eigenvalue weighted by molar-refractivity contribution is -0.137. The summed E-state index contributed by atoms with van der Waals surface area (Å²) in [6, 6.07) is 2.21. The second-order valence-electron chi connectivity index (χ2n) is 4.06. The van der Waals surface area contributed by atoms with Gasteiger partial charge in [0.25, 0.3) is 0 Å². The summed E-state index contributed by atoms with van der Waals surface area (Å²) in [5.41, 5.74) is 5.12. The number of nitrogens with zero attached hydrogens (tertiary/aromatic N) is 3. The van der Waals surface area contributed by atoms with Crippen molar-refractivity contribution in [2.75, 3.05) is 11.5 Å². The van der Waals surface area contributed by atoms with Crippen LogP contribution >= 0.6 is 11.8 Å². The van der Waals surface area contributed by atoms with Gasteiger partial charge in [0.15, 0.2) is 5.82 Å². The Balaban J connectivity index is 2.26. The normalized spacial score (nSPS) is 11.8. The first kappa shape index (κ1) is 14.7. The Morgan fingerprint density at radius 2 is 2.05 bits per heavy atom. The average Bonchev–Trinajstić information content (AvgIpc) is 2.77. The number of alkyl halides is 3. The zero-order valence-electron chi connectivity index (χ0n) is 10.7. The van der Waals surface area contributed by atoms with Crippen molar-refractivity contribution in [3.8, 4) is 5.82 Å². The number of nitrogens with two attached hydrogens (primary N) is 1. The van der Waals surface area contributed by atoms with Crippen molar-refractivity contribution >= 4 is 17.6 Å². The van der Waals surface area contributed by atoms with E-state index in [1.54, 1.807) is 18.0 Å². The monoisotopic (exact) mass is 302 g/mol. The molecule has 0 radical (unpaired) electrons. The largest absolute Gasteiger partial charge is 0.417 e. The van der Waals surface area contributed by atoms with Gasteiger partial charge < -0.3 is 5.73 Å². The summed E-state index contributed by atoms with van der Waals surface area (Å²) in [6.45, 7) is 2.05. The number of thioether (sulfide) groups is 1. The fraction of sp³-hybridized carbons (Fsp3) is 0.333. The van der Waals surface area contributed by atoms with Crippen LogP contribution in [-0.4, -0.2) is 20.5 Å². The topological polar surface area (TPSA) is 56.7 Å². The first-order chi connectivity index (χ1) is 9.43. The fourth-order valence-electron chi connectivity index (χ4n) is 1.53. The minimum Gasteiger partial charge on any atom is -0.383 e. The molecule has 0 aliphatic heterocycles. The van der Waals surface area contributed by atoms with Crippen LogP contribution in [0.4, 0.5) is 19.0 Å². The van der Waals surface area contributed by atoms with Crippen molar-refractivity contribution in [3.63, 3.8) is 0 Å². The van der Waals surface area contributed by atoms with Crippen LogP contribution in [0.3, 0.4) is 0 Å². The van der Waals surface area contributed by atoms with E-state index >= 15 is 0 Å². The van der Waals surface area contributed by atoms with E-state index in [1.807, 2.05) is 6.92 Å². The van der Waals surface area contributed by atoms with Gasteiger partial charge in [-0.1, -0.05) is 6.92 Å². The lowest BCUT2D eigenvalue weighted by Gasteiger charge is -2.08. The second kappa shape index (κ2) is 5.74. The number of anilines is 1. The molecule has 0 aliphatic carbocycles. The zero-order valence-corrected chi connectivity index (χ0v) is 11.5. The maximum atomic E-state index is 12.5. The molecule has 0 aromatic carbocycles. The van der Waals surface area contributed by atoms with Gasteiger partial charge in [0.2, 0.25) is 0 Å². The van der Waals surface area contributed by atoms with Crippen molar-refractivity contribution in [2.24, 2.45) is 0 Å². The molecular formula is C12H13F3N4S. The molecule has 2 rings (SSSR count). The molecule has 0 atom stereocenters. The predicted molar refractivity (Wildman–Crippen MR) is 71.8 cm³/mol. The molecular weight excluding hydrogens is 289 g/mol. The van der Waals surface area contributed by atoms with Crippen molar-refractivity contribution in [2.45, 2.75) is 24.4 Å². The zero-order chi connectivity index (χ0) is 14.8. The Morgan fingerprint density at radius 1 is 1.30 bits per heavy atom. The van der Waals surface area contributed by atoms with Crippen LogP contribution in [0.1, 0.15) is 18.9 Å². The molecule has 8 heteroatoms. The number of rotatable bonds is 4. The molecule has 2 N–H and O–H groups in total. The lowest BCUT2D eigenvalue weighted by Crippen LogP contribution is -2.08. The highest BCUT2D eigenvalue weighted by Crippen LogP contribution is 2.30. The van der Waals surface area contributed by atoms with Gasteiger partial charge in [-0.3, -0.25) is 0 Å². The Morgan fingerprint density at radius 3 is 2.60 bits per heavy atom. The number of hydrogen-bond donors (Lipinski definition) is 1. The highest BCUT2D eigenvalue weighted by atomic mass is 32.2. The van der Waals surface area contributed by atoms with Gasteiger partial charge in [0.05, 0.1) is 16.7 Å². The van der Waals surface area contributed by atoms with Gasteiger partial charge in [-0.05, 0) is 24.3 Å². The number of halogens is 3. The summed E-state index contributed by atoms with van der Waals surface area (Å²) in [7, 11) is 0. The molecule has 0 amide bonds. The van der Waals surface area contributed by atoms with E-state index in [2.05, 4.69) is 10.1 Å². The molecule has 2 aromatic rings. The van der Waals surface area contributed by atoms with Crippen LogP contribution in [0.25, 0.3) is 5.82 Å². The van der Waals surface area contributed by atoms with Crippen molar-refractivity contribution < 1.29 is 13.2 Å². The number of nitrogen functional groups attached to an aromatic ring is 1. The molecule has 0 spiro atoms. The lowest BCUT2D eigenvalue weighted by atomic mass is 10.3. The van der Waals surface area contributed by atoms with Gasteiger partial charge >= 0.3 is 6.18 Å². The van der Waals surface area contributed by atoms with E-state index in [0.29, 0.717) is 5.82 Å². The summed E-state index contributed by atoms with van der Waals surface area (Å²) in [4.78, 5) is 4.56. The van der Waals surface area contributed by atoms with Crippen LogP contribution in [0.15, 0.2) is 29.4 Å². The summed E-state index contributed by atoms with van der Waals surface area (Å²) in [6.07, 6.45) is -1.04. The van der Waals surface area contributed by atoms with Crippen molar-refractivity contribution in [1.29, 1.82) is 0 Å². The summed E-state index contributed by atoms with van der Waals surface area (Å²) < 4.78 is 38.7. The molecule has 108 valence electrons. The Bertz CT molecular complexity index is 577. The molecule has 0 bridgehead atoms. The van der Waals surface area contributed by atoms with Gasteiger partial charge in [0.1, 0.15) is 5.82 Å². The Hall–Kier alpha value is -1.70. The fourth-order valence-corrected chi connectivity index (χ4v) is 2.31. The molecule has 2 heterocycles. The number of aromatic nitrogens is 3. The quantitative estimate of drug-likeness (QED) is 0.880. The van der Waals surface area contributed by atoms with Crippen LogP contribution in [0.2, 0.25) is 0 Å². The first-order valence-electron chi connectivity index (χ1n) is 5.93. The van der Waals surface area contributed by atoms with Crippen LogP contribution in [0, 0.1) is 0 Å². The third-order valence-electron chi connectivity index (χ3n) is 2.52. The van der Waals surface area contributed by atoms with Crippen molar-refractivity contribution in [3.05, 3.63) is 30.1 Å². The minimum atomic E-state index is -4.40. The molecule has 0 fully saturated rings. The number of pyridine rings is 1. The molecule has 0 saturated heterocycles. The molecule has 0 unspecified atom stereocenters. The third-order valence-corrected chi connectivity index (χ3v) is 3.76. The molecule has 20 heavy (non-hydrogen) atoms. The molecule has 0 aliphatic rings. The highest BCUT2D eigenvalue weighted by Gasteiger charge is 2.30. The van der Waals surface area contributed by atoms with E-state index in [1.165, 1.54) is 10.7 Å². The van der Waals surface area contributed by atoms with Crippen LogP contribution < -0.4 is 5.73 Å². The van der Waals surface area contributed by atoms with Crippen LogP contribution in [-0.2, 0) is 6.18 Å². The smallest absolute Gasteiger partial charge is 0.383 e. The van der Waals surface area contributed by atoms with E-state index in [9.17, 15) is 13.2 Å². The Labute approximate surface area is 118 Å². The standard InChI is InChI=1S/C12H13F3N4S/c1-2-5-20-9-7-18-19(11(9)16)10-4-3-8(6-17-10)12(13,14)15/h3-4,6-7H,2,5,16H2,1H3. The van der Waals surface area contributed by atoms with Crippen molar-refractivity contribution in [1.82, 2.24) is 14.8 Å². The summed E-state index contributed by atoms with van der Waals surface area (Å²) >= 11 is 1.55. The van der Waals surface area contributed by atoms with E-state index in [0.717, 1.165) is 29.3 Å². The van der Waals surface area contributed by atoms with E-state index in [-0.39, 0.29) is 5.82 Å². The molecule has 4 nitrogen and oxygen atoms in total. The van der Waals surface area contributed by atoms with E-state index < -0.39 is 11.7 Å². The maximum Gasteiger partial charge on any atom is 0.417 e. The molecule has 2 aromatic heterocycles. The van der Waals surface area contributed by atoms with Gasteiger partial charge in [0, 0.05) is 6.20 Å². The first-order valence-corrected chi connectivity index (χ1v) is 6.92. The average molecular weight is 302 g/mol. The highest BCUT2D eigenvalue weighted by molar-refractivity contribution is 7.99. The predicted octanol–water partition coefficient (Wildman–Crippen LogP) is 3.37. The summed E-state index contributed by atoms with van der Waals surface area (Å²) in [5, 5.41) is 4.06. The van der Waals surface area contributed by atoms with E-state index in [4.69, 9.17) is 5.73 Å².